The molecule has 0 bridgehead atoms. The number of nitrogens with one attached hydrogen (secondary N) is 2. The van der Waals surface area contributed by atoms with Crippen LogP contribution in [0.1, 0.15) is 57.9 Å². The summed E-state index contributed by atoms with van der Waals surface area (Å²) in [6.45, 7) is 2.32. The molecule has 1 saturated carbocycles. The molecule has 3 N–H and O–H groups in total. The van der Waals surface area contributed by atoms with E-state index in [1.165, 1.54) is 22.9 Å². The molecule has 1 fully saturated rings. The molecule has 7 nitrogen and oxygen atoms in total. The number of anilines is 1. The van der Waals surface area contributed by atoms with Crippen molar-refractivity contribution in [3.8, 4) is 17.0 Å². The Kier molecular flexibility index (Phi) is 7.34. The molecule has 1 aromatic heterocycles. The molecule has 1 aliphatic rings. The van der Waals surface area contributed by atoms with E-state index in [9.17, 15) is 27.9 Å². The number of phenolic OH excluding ortho intramolecular Hbond substituents is 1. The number of phenols is 1. The average Bonchev–Trinajstić information content (AvgIpc) is 3.31. The Morgan fingerprint density at radius 1 is 1.02 bits per heavy atom. The van der Waals surface area contributed by atoms with Crippen LogP contribution in [0.4, 0.5) is 23.7 Å². The third-order valence-electron chi connectivity index (χ3n) is 7.13. The number of amides is 2. The Labute approximate surface area is 228 Å². The van der Waals surface area contributed by atoms with Gasteiger partial charge in [-0.1, -0.05) is 36.8 Å². The SMILES string of the molecule is Cc1ccccc1CNC(=O)n1nc(-c2ccc(NC(=O)c3cccc(C(F)(F)F)c3)cc2O)cc1C1CCC1. The van der Waals surface area contributed by atoms with Gasteiger partial charge in [0.25, 0.3) is 5.91 Å². The van der Waals surface area contributed by atoms with Gasteiger partial charge in [-0.2, -0.15) is 23.0 Å². The van der Waals surface area contributed by atoms with E-state index in [4.69, 9.17) is 0 Å². The molecule has 40 heavy (non-hydrogen) atoms. The zero-order valence-corrected chi connectivity index (χ0v) is 21.6. The molecule has 5 rings (SSSR count). The highest BCUT2D eigenvalue weighted by molar-refractivity contribution is 6.04. The minimum Gasteiger partial charge on any atom is -0.507 e. The Morgan fingerprint density at radius 3 is 2.48 bits per heavy atom. The van der Waals surface area contributed by atoms with Crippen LogP contribution in [0.15, 0.2) is 72.8 Å². The molecule has 0 spiro atoms. The summed E-state index contributed by atoms with van der Waals surface area (Å²) >= 11 is 0. The summed E-state index contributed by atoms with van der Waals surface area (Å²) in [7, 11) is 0. The number of hydrogen-bond acceptors (Lipinski definition) is 4. The summed E-state index contributed by atoms with van der Waals surface area (Å²) in [5.41, 5.74) is 2.65. The maximum atomic E-state index is 13.1. The van der Waals surface area contributed by atoms with Crippen molar-refractivity contribution in [2.75, 3.05) is 5.32 Å². The van der Waals surface area contributed by atoms with Gasteiger partial charge in [-0.25, -0.2) is 4.79 Å². The number of aromatic hydroxyl groups is 1. The summed E-state index contributed by atoms with van der Waals surface area (Å²) in [4.78, 5) is 25.7. The largest absolute Gasteiger partial charge is 0.507 e. The number of carbonyl (C=O) groups is 2. The lowest BCUT2D eigenvalue weighted by atomic mass is 9.82. The van der Waals surface area contributed by atoms with E-state index in [1.54, 1.807) is 12.1 Å². The predicted molar refractivity (Wildman–Crippen MR) is 144 cm³/mol. The Balaban J connectivity index is 1.35. The predicted octanol–water partition coefficient (Wildman–Crippen LogP) is 6.86. The summed E-state index contributed by atoms with van der Waals surface area (Å²) in [6.07, 6.45) is -1.65. The minimum absolute atomic E-state index is 0.168. The van der Waals surface area contributed by atoms with Crippen molar-refractivity contribution in [2.45, 2.75) is 44.8 Å². The van der Waals surface area contributed by atoms with Crippen molar-refractivity contribution < 1.29 is 27.9 Å². The fraction of sp³-hybridized carbons (Fsp3) is 0.233. The number of alkyl halides is 3. The standard InChI is InChI=1S/C30H27F3N4O3/c1-18-6-2-3-7-21(18)17-34-29(40)37-26(19-8-4-9-19)16-25(36-37)24-13-12-23(15-27(24)38)35-28(39)20-10-5-11-22(14-20)30(31,32)33/h2-3,5-7,10-16,19,38H,4,8-9,17H2,1H3,(H,34,40)(H,35,39). The second-order valence-corrected chi connectivity index (χ2v) is 9.84. The van der Waals surface area contributed by atoms with Crippen molar-refractivity contribution in [3.63, 3.8) is 0 Å². The molecule has 0 radical (unpaired) electrons. The molecule has 10 heteroatoms. The van der Waals surface area contributed by atoms with E-state index in [2.05, 4.69) is 15.7 Å². The molecule has 2 amide bonds. The highest BCUT2D eigenvalue weighted by Crippen LogP contribution is 2.39. The lowest BCUT2D eigenvalue weighted by Gasteiger charge is -2.25. The molecule has 4 aromatic rings. The van der Waals surface area contributed by atoms with E-state index in [0.717, 1.165) is 54.3 Å². The zero-order chi connectivity index (χ0) is 28.4. The summed E-state index contributed by atoms with van der Waals surface area (Å²) in [5.74, 6) is -0.772. The third-order valence-corrected chi connectivity index (χ3v) is 7.13. The van der Waals surface area contributed by atoms with Crippen molar-refractivity contribution in [1.29, 1.82) is 0 Å². The number of halogens is 3. The van der Waals surface area contributed by atoms with Crippen LogP contribution in [0.5, 0.6) is 5.75 Å². The van der Waals surface area contributed by atoms with Crippen LogP contribution in [0.2, 0.25) is 0 Å². The molecule has 1 heterocycles. The number of nitrogens with zero attached hydrogens (tertiary/aromatic N) is 2. The van der Waals surface area contributed by atoms with E-state index >= 15 is 0 Å². The summed E-state index contributed by atoms with van der Waals surface area (Å²) < 4.78 is 40.4. The van der Waals surface area contributed by atoms with Crippen LogP contribution in [0.25, 0.3) is 11.3 Å². The average molecular weight is 549 g/mol. The second-order valence-electron chi connectivity index (χ2n) is 9.84. The summed E-state index contributed by atoms with van der Waals surface area (Å²) in [6, 6.07) is 17.6. The molecule has 0 saturated heterocycles. The van der Waals surface area contributed by atoms with E-state index < -0.39 is 17.6 Å². The fourth-order valence-electron chi connectivity index (χ4n) is 4.60. The third kappa shape index (κ3) is 5.70. The van der Waals surface area contributed by atoms with Gasteiger partial charge in [0.2, 0.25) is 0 Å². The van der Waals surface area contributed by atoms with Crippen LogP contribution < -0.4 is 10.6 Å². The number of aromatic nitrogens is 2. The van der Waals surface area contributed by atoms with Gasteiger partial charge in [-0.15, -0.1) is 0 Å². The van der Waals surface area contributed by atoms with Gasteiger partial charge in [0.05, 0.1) is 17.0 Å². The van der Waals surface area contributed by atoms with Gasteiger partial charge in [0, 0.05) is 35.3 Å². The Bertz CT molecular complexity index is 1570. The molecule has 0 unspecified atom stereocenters. The topological polar surface area (TPSA) is 96.3 Å². The first-order chi connectivity index (χ1) is 19.1. The lowest BCUT2D eigenvalue weighted by molar-refractivity contribution is -0.137. The van der Waals surface area contributed by atoms with Gasteiger partial charge >= 0.3 is 12.2 Å². The first kappa shape index (κ1) is 27.0. The quantitative estimate of drug-likeness (QED) is 0.245. The monoisotopic (exact) mass is 548 g/mol. The Hall–Kier alpha value is -4.60. The van der Waals surface area contributed by atoms with Crippen molar-refractivity contribution in [2.24, 2.45) is 0 Å². The number of benzene rings is 3. The number of rotatable bonds is 6. The summed E-state index contributed by atoms with van der Waals surface area (Å²) in [5, 5.41) is 20.7. The highest BCUT2D eigenvalue weighted by atomic mass is 19.4. The Morgan fingerprint density at radius 2 is 1.80 bits per heavy atom. The fourth-order valence-corrected chi connectivity index (χ4v) is 4.60. The smallest absolute Gasteiger partial charge is 0.416 e. The van der Waals surface area contributed by atoms with E-state index in [1.807, 2.05) is 31.2 Å². The van der Waals surface area contributed by atoms with Crippen molar-refractivity contribution >= 4 is 17.6 Å². The van der Waals surface area contributed by atoms with E-state index in [-0.39, 0.29) is 28.9 Å². The first-order valence-electron chi connectivity index (χ1n) is 12.8. The normalized spacial score (nSPS) is 13.5. The van der Waals surface area contributed by atoms with E-state index in [0.29, 0.717) is 17.8 Å². The van der Waals surface area contributed by atoms with Crippen molar-refractivity contribution in [3.05, 3.63) is 101 Å². The second kappa shape index (κ2) is 10.9. The number of hydrogen-bond donors (Lipinski definition) is 3. The van der Waals surface area contributed by atoms with Gasteiger partial charge in [0.15, 0.2) is 0 Å². The number of carbonyl (C=O) groups excluding carboxylic acids is 2. The number of aryl methyl sites for hydroxylation is 1. The molecule has 206 valence electrons. The minimum atomic E-state index is -4.57. The van der Waals surface area contributed by atoms with Crippen LogP contribution in [-0.2, 0) is 12.7 Å². The maximum absolute atomic E-state index is 13.1. The lowest BCUT2D eigenvalue weighted by Crippen LogP contribution is -2.31. The van der Waals surface area contributed by atoms with Gasteiger partial charge in [-0.3, -0.25) is 4.79 Å². The van der Waals surface area contributed by atoms with Crippen LogP contribution >= 0.6 is 0 Å². The molecule has 3 aromatic carbocycles. The highest BCUT2D eigenvalue weighted by Gasteiger charge is 2.31. The molecular weight excluding hydrogens is 521 g/mol. The van der Waals surface area contributed by atoms with Gasteiger partial charge in [0.1, 0.15) is 5.75 Å². The maximum Gasteiger partial charge on any atom is 0.416 e. The zero-order valence-electron chi connectivity index (χ0n) is 21.6. The van der Waals surface area contributed by atoms with Crippen LogP contribution in [0.3, 0.4) is 0 Å². The van der Waals surface area contributed by atoms with Crippen molar-refractivity contribution in [1.82, 2.24) is 15.1 Å². The molecule has 1 aliphatic carbocycles. The molecule has 0 aliphatic heterocycles. The van der Waals surface area contributed by atoms with Crippen LogP contribution in [-0.4, -0.2) is 26.8 Å². The molecule has 0 atom stereocenters. The van der Waals surface area contributed by atoms with Gasteiger partial charge < -0.3 is 15.7 Å². The van der Waals surface area contributed by atoms with Gasteiger partial charge in [-0.05, 0) is 67.3 Å². The molecular formula is C30H27F3N4O3. The van der Waals surface area contributed by atoms with Crippen LogP contribution in [0, 0.1) is 6.92 Å². The first-order valence-corrected chi connectivity index (χ1v) is 12.8.